The molecule has 3 aromatic rings. The minimum absolute atomic E-state index is 0.291. The van der Waals surface area contributed by atoms with Gasteiger partial charge in [0.25, 0.3) is 0 Å². The van der Waals surface area contributed by atoms with Crippen molar-refractivity contribution < 1.29 is 14.3 Å². The maximum absolute atomic E-state index is 14.6. The van der Waals surface area contributed by atoms with E-state index in [1.54, 1.807) is 23.5 Å². The van der Waals surface area contributed by atoms with E-state index >= 15 is 0 Å². The number of hydrogen-bond acceptors (Lipinski definition) is 3. The lowest BCUT2D eigenvalue weighted by Gasteiger charge is -2.31. The Morgan fingerprint density at radius 3 is 2.72 bits per heavy atom. The van der Waals surface area contributed by atoms with Crippen LogP contribution in [0.3, 0.4) is 0 Å². The second-order valence-corrected chi connectivity index (χ2v) is 7.46. The molecule has 2 heterocycles. The Morgan fingerprint density at radius 2 is 1.96 bits per heavy atom. The highest BCUT2D eigenvalue weighted by Crippen LogP contribution is 2.40. The van der Waals surface area contributed by atoms with Gasteiger partial charge in [-0.25, -0.2) is 4.39 Å². The highest BCUT2D eigenvalue weighted by molar-refractivity contribution is 7.19. The fourth-order valence-corrected chi connectivity index (χ4v) is 4.90. The van der Waals surface area contributed by atoms with Crippen LogP contribution in [0.15, 0.2) is 54.6 Å². The second kappa shape index (κ2) is 6.58. The van der Waals surface area contributed by atoms with E-state index in [0.29, 0.717) is 18.5 Å². The summed E-state index contributed by atoms with van der Waals surface area (Å²) < 4.78 is 15.7. The summed E-state index contributed by atoms with van der Waals surface area (Å²) in [7, 11) is 0. The number of carbonyl (C=O) groups is 1. The third kappa shape index (κ3) is 2.94. The summed E-state index contributed by atoms with van der Waals surface area (Å²) in [6, 6.07) is 15.8. The van der Waals surface area contributed by atoms with Crippen molar-refractivity contribution in [2.45, 2.75) is 24.9 Å². The molecule has 0 aliphatic carbocycles. The van der Waals surface area contributed by atoms with Crippen LogP contribution in [-0.2, 0) is 4.79 Å². The Balaban J connectivity index is 1.86. The van der Waals surface area contributed by atoms with Gasteiger partial charge >= 0.3 is 5.97 Å². The van der Waals surface area contributed by atoms with Gasteiger partial charge in [0.15, 0.2) is 0 Å². The van der Waals surface area contributed by atoms with Crippen LogP contribution in [0.2, 0.25) is 0 Å². The molecule has 2 unspecified atom stereocenters. The number of benzene rings is 2. The van der Waals surface area contributed by atoms with E-state index in [1.807, 2.05) is 35.2 Å². The highest BCUT2D eigenvalue weighted by atomic mass is 32.1. The number of hydrogen-bond donors (Lipinski definition) is 1. The van der Waals surface area contributed by atoms with E-state index in [2.05, 4.69) is 6.07 Å². The maximum Gasteiger partial charge on any atom is 0.320 e. The van der Waals surface area contributed by atoms with Crippen LogP contribution in [0.25, 0.3) is 10.1 Å². The van der Waals surface area contributed by atoms with Crippen molar-refractivity contribution in [2.75, 3.05) is 6.54 Å². The lowest BCUT2D eigenvalue weighted by atomic mass is 10.0. The van der Waals surface area contributed by atoms with Crippen LogP contribution in [0, 0.1) is 5.82 Å². The van der Waals surface area contributed by atoms with Gasteiger partial charge in [0, 0.05) is 21.7 Å². The first kappa shape index (κ1) is 16.2. The number of aliphatic carboxylic acids is 1. The number of thiophene rings is 1. The normalized spacial score (nSPS) is 19.3. The van der Waals surface area contributed by atoms with Crippen LogP contribution in [0.4, 0.5) is 4.39 Å². The van der Waals surface area contributed by atoms with E-state index in [-0.39, 0.29) is 11.9 Å². The molecule has 5 heteroatoms. The van der Waals surface area contributed by atoms with E-state index in [9.17, 15) is 14.3 Å². The molecule has 0 spiro atoms. The number of carboxylic acids is 1. The maximum atomic E-state index is 14.6. The van der Waals surface area contributed by atoms with Crippen molar-refractivity contribution in [1.82, 2.24) is 4.90 Å². The summed E-state index contributed by atoms with van der Waals surface area (Å²) in [4.78, 5) is 14.6. The quantitative estimate of drug-likeness (QED) is 0.739. The van der Waals surface area contributed by atoms with Crippen molar-refractivity contribution in [2.24, 2.45) is 0 Å². The molecule has 0 bridgehead atoms. The number of nitrogens with zero attached hydrogens (tertiary/aromatic N) is 1. The molecule has 4 rings (SSSR count). The van der Waals surface area contributed by atoms with Crippen LogP contribution in [-0.4, -0.2) is 28.6 Å². The molecule has 1 saturated heterocycles. The van der Waals surface area contributed by atoms with E-state index < -0.39 is 12.0 Å². The zero-order chi connectivity index (χ0) is 17.4. The largest absolute Gasteiger partial charge is 0.480 e. The first-order valence-corrected chi connectivity index (χ1v) is 9.18. The Morgan fingerprint density at radius 1 is 1.20 bits per heavy atom. The molecular formula is C20H18FNO2S. The summed E-state index contributed by atoms with van der Waals surface area (Å²) >= 11 is 1.61. The molecular weight excluding hydrogens is 337 g/mol. The lowest BCUT2D eigenvalue weighted by molar-refractivity contribution is -0.142. The zero-order valence-electron chi connectivity index (χ0n) is 13.6. The van der Waals surface area contributed by atoms with Gasteiger partial charge in [0.05, 0.1) is 6.04 Å². The first-order chi connectivity index (χ1) is 12.1. The molecule has 0 amide bonds. The first-order valence-electron chi connectivity index (χ1n) is 8.36. The average Bonchev–Trinajstić information content (AvgIpc) is 3.24. The third-order valence-corrected chi connectivity index (χ3v) is 5.99. The molecule has 1 aliphatic rings. The SMILES string of the molecule is O=C(O)C1CCCN1C(c1cc2ccccc2s1)c1ccccc1F. The van der Waals surface area contributed by atoms with Gasteiger partial charge in [-0.15, -0.1) is 11.3 Å². The number of rotatable bonds is 4. The molecule has 3 nitrogen and oxygen atoms in total. The van der Waals surface area contributed by atoms with Gasteiger partial charge in [0.1, 0.15) is 11.9 Å². The second-order valence-electron chi connectivity index (χ2n) is 6.34. The number of fused-ring (bicyclic) bond motifs is 1. The van der Waals surface area contributed by atoms with Crippen molar-refractivity contribution in [3.63, 3.8) is 0 Å². The average molecular weight is 355 g/mol. The van der Waals surface area contributed by atoms with Gasteiger partial charge in [-0.1, -0.05) is 36.4 Å². The van der Waals surface area contributed by atoms with Gasteiger partial charge < -0.3 is 5.11 Å². The molecule has 1 aromatic heterocycles. The summed E-state index contributed by atoms with van der Waals surface area (Å²) in [5.41, 5.74) is 0.544. The number of halogens is 1. The predicted octanol–water partition coefficient (Wildman–Crippen LogP) is 4.68. The van der Waals surface area contributed by atoms with Crippen molar-refractivity contribution in [3.8, 4) is 0 Å². The smallest absolute Gasteiger partial charge is 0.320 e. The van der Waals surface area contributed by atoms with Gasteiger partial charge in [-0.3, -0.25) is 9.69 Å². The van der Waals surface area contributed by atoms with E-state index in [1.165, 1.54) is 6.07 Å². The van der Waals surface area contributed by atoms with Gasteiger partial charge in [-0.2, -0.15) is 0 Å². The molecule has 2 aromatic carbocycles. The standard InChI is InChI=1S/C20H18FNO2S/c21-15-8-3-2-7-14(15)19(22-11-5-9-16(22)20(23)24)18-12-13-6-1-4-10-17(13)25-18/h1-4,6-8,10,12,16,19H,5,9,11H2,(H,23,24). The molecule has 0 radical (unpaired) electrons. The zero-order valence-corrected chi connectivity index (χ0v) is 14.4. The number of likely N-dealkylation sites (tertiary alicyclic amines) is 1. The fraction of sp³-hybridized carbons (Fsp3) is 0.250. The topological polar surface area (TPSA) is 40.5 Å². The lowest BCUT2D eigenvalue weighted by Crippen LogP contribution is -2.39. The Hall–Kier alpha value is -2.24. The van der Waals surface area contributed by atoms with E-state index in [4.69, 9.17) is 0 Å². The molecule has 1 N–H and O–H groups in total. The summed E-state index contributed by atoms with van der Waals surface area (Å²) in [6.07, 6.45) is 1.41. The number of carboxylic acid groups (broad SMARTS) is 1. The summed E-state index contributed by atoms with van der Waals surface area (Å²) in [6.45, 7) is 0.657. The van der Waals surface area contributed by atoms with Crippen LogP contribution in [0.5, 0.6) is 0 Å². The van der Waals surface area contributed by atoms with Crippen molar-refractivity contribution >= 4 is 27.4 Å². The van der Waals surface area contributed by atoms with Gasteiger partial charge in [-0.05, 0) is 36.4 Å². The van der Waals surface area contributed by atoms with Crippen LogP contribution >= 0.6 is 11.3 Å². The molecule has 25 heavy (non-hydrogen) atoms. The Labute approximate surface area is 149 Å². The monoisotopic (exact) mass is 355 g/mol. The molecule has 1 fully saturated rings. The van der Waals surface area contributed by atoms with Crippen LogP contribution < -0.4 is 0 Å². The summed E-state index contributed by atoms with van der Waals surface area (Å²) in [5, 5.41) is 10.7. The molecule has 0 saturated carbocycles. The fourth-order valence-electron chi connectivity index (χ4n) is 3.69. The van der Waals surface area contributed by atoms with Crippen molar-refractivity contribution in [1.29, 1.82) is 0 Å². The highest BCUT2D eigenvalue weighted by Gasteiger charge is 2.38. The minimum Gasteiger partial charge on any atom is -0.480 e. The predicted molar refractivity (Wildman–Crippen MR) is 97.4 cm³/mol. The van der Waals surface area contributed by atoms with Gasteiger partial charge in [0.2, 0.25) is 0 Å². The van der Waals surface area contributed by atoms with E-state index in [0.717, 1.165) is 21.4 Å². The van der Waals surface area contributed by atoms with Crippen molar-refractivity contribution in [3.05, 3.63) is 70.9 Å². The Kier molecular flexibility index (Phi) is 4.27. The molecule has 128 valence electrons. The molecule has 2 atom stereocenters. The molecule has 1 aliphatic heterocycles. The minimum atomic E-state index is -0.833. The third-order valence-electron chi connectivity index (χ3n) is 4.82. The summed E-state index contributed by atoms with van der Waals surface area (Å²) in [5.74, 6) is -1.12. The Bertz CT molecular complexity index is 890. The van der Waals surface area contributed by atoms with Crippen LogP contribution in [0.1, 0.15) is 29.3 Å².